The van der Waals surface area contributed by atoms with Crippen LogP contribution in [0.15, 0.2) is 40.8 Å². The van der Waals surface area contributed by atoms with Crippen LogP contribution in [0.1, 0.15) is 18.4 Å². The van der Waals surface area contributed by atoms with E-state index in [-0.39, 0.29) is 6.01 Å². The summed E-state index contributed by atoms with van der Waals surface area (Å²) in [4.78, 5) is 15.4. The van der Waals surface area contributed by atoms with Gasteiger partial charge in [0.25, 0.3) is 6.01 Å². The summed E-state index contributed by atoms with van der Waals surface area (Å²) in [5.74, 6) is -1.51. The number of carboxylic acids is 1. The monoisotopic (exact) mass is 350 g/mol. The largest absolute Gasteiger partial charge is 0.481 e. The van der Waals surface area contributed by atoms with Crippen LogP contribution in [-0.2, 0) is 4.79 Å². The van der Waals surface area contributed by atoms with Gasteiger partial charge in [-0.25, -0.2) is 0 Å². The Kier molecular flexibility index (Phi) is 4.15. The predicted octanol–water partition coefficient (Wildman–Crippen LogP) is 5.07. The Bertz CT molecular complexity index is 892. The molecule has 0 bridgehead atoms. The van der Waals surface area contributed by atoms with Crippen LogP contribution in [0.2, 0.25) is 10.0 Å². The van der Waals surface area contributed by atoms with Gasteiger partial charge in [-0.05, 0) is 42.8 Å². The third-order valence-corrected chi connectivity index (χ3v) is 4.00. The second-order valence-corrected chi connectivity index (χ2v) is 5.90. The number of rotatable bonds is 4. The number of benzene rings is 2. The van der Waals surface area contributed by atoms with Gasteiger partial charge < -0.3 is 14.8 Å². The number of halogens is 2. The molecule has 23 heavy (non-hydrogen) atoms. The van der Waals surface area contributed by atoms with Crippen molar-refractivity contribution in [3.63, 3.8) is 0 Å². The van der Waals surface area contributed by atoms with Gasteiger partial charge >= 0.3 is 5.97 Å². The zero-order chi connectivity index (χ0) is 16.6. The summed E-state index contributed by atoms with van der Waals surface area (Å²) in [7, 11) is 0. The van der Waals surface area contributed by atoms with Crippen molar-refractivity contribution in [3.8, 4) is 0 Å². The van der Waals surface area contributed by atoms with Gasteiger partial charge in [0.05, 0.1) is 16.6 Å². The summed E-state index contributed by atoms with van der Waals surface area (Å²) < 4.78 is 5.62. The Hall–Kier alpha value is -2.24. The first kappa shape index (κ1) is 15.6. The van der Waals surface area contributed by atoms with E-state index in [1.165, 1.54) is 0 Å². The fourth-order valence-corrected chi connectivity index (χ4v) is 2.57. The summed E-state index contributed by atoms with van der Waals surface area (Å²) in [5.41, 5.74) is 2.39. The van der Waals surface area contributed by atoms with Crippen LogP contribution < -0.4 is 5.32 Å². The molecule has 1 heterocycles. The zero-order valence-corrected chi connectivity index (χ0v) is 13.5. The van der Waals surface area contributed by atoms with E-state index in [0.29, 0.717) is 32.4 Å². The van der Waals surface area contributed by atoms with Crippen molar-refractivity contribution >= 4 is 52.0 Å². The molecule has 2 N–H and O–H groups in total. The van der Waals surface area contributed by atoms with E-state index in [0.717, 1.165) is 0 Å². The highest BCUT2D eigenvalue weighted by molar-refractivity contribution is 6.36. The van der Waals surface area contributed by atoms with E-state index in [9.17, 15) is 4.79 Å². The second kappa shape index (κ2) is 6.10. The third kappa shape index (κ3) is 3.25. The number of aromatic nitrogens is 1. The van der Waals surface area contributed by atoms with Crippen molar-refractivity contribution in [2.24, 2.45) is 0 Å². The van der Waals surface area contributed by atoms with Crippen molar-refractivity contribution in [1.82, 2.24) is 4.98 Å². The minimum absolute atomic E-state index is 0.268. The molecule has 7 heteroatoms. The molecule has 0 aliphatic heterocycles. The first-order chi connectivity index (χ1) is 10.9. The van der Waals surface area contributed by atoms with E-state index >= 15 is 0 Å². The van der Waals surface area contributed by atoms with Gasteiger partial charge in [-0.2, -0.15) is 4.98 Å². The van der Waals surface area contributed by atoms with Gasteiger partial charge in [0.15, 0.2) is 5.58 Å². The highest BCUT2D eigenvalue weighted by atomic mass is 35.5. The smallest absolute Gasteiger partial charge is 0.310 e. The molecule has 1 aromatic heterocycles. The molecule has 1 atom stereocenters. The Morgan fingerprint density at radius 2 is 2.04 bits per heavy atom. The van der Waals surface area contributed by atoms with E-state index in [1.807, 2.05) is 0 Å². The number of nitrogens with zero attached hydrogens (tertiary/aromatic N) is 1. The first-order valence-electron chi connectivity index (χ1n) is 6.79. The Labute approximate surface area is 141 Å². The van der Waals surface area contributed by atoms with Gasteiger partial charge in [-0.1, -0.05) is 29.3 Å². The van der Waals surface area contributed by atoms with Gasteiger partial charge in [0, 0.05) is 5.02 Å². The number of nitrogens with one attached hydrogen (secondary N) is 1. The van der Waals surface area contributed by atoms with E-state index in [1.54, 1.807) is 43.3 Å². The van der Waals surface area contributed by atoms with E-state index in [4.69, 9.17) is 32.7 Å². The Balaban J connectivity index is 1.92. The number of carbonyl (C=O) groups is 1. The topological polar surface area (TPSA) is 75.4 Å². The molecule has 0 amide bonds. The predicted molar refractivity (Wildman–Crippen MR) is 89.8 cm³/mol. The lowest BCUT2D eigenvalue weighted by Crippen LogP contribution is -2.06. The molecule has 0 aliphatic rings. The minimum Gasteiger partial charge on any atom is -0.481 e. The van der Waals surface area contributed by atoms with Crippen LogP contribution in [0.25, 0.3) is 11.1 Å². The zero-order valence-electron chi connectivity index (χ0n) is 12.0. The molecule has 118 valence electrons. The van der Waals surface area contributed by atoms with E-state index in [2.05, 4.69) is 10.3 Å². The van der Waals surface area contributed by atoms with Crippen molar-refractivity contribution in [2.45, 2.75) is 12.8 Å². The normalized spacial score (nSPS) is 12.3. The summed E-state index contributed by atoms with van der Waals surface area (Å²) >= 11 is 12.0. The summed E-state index contributed by atoms with van der Waals surface area (Å²) in [6.07, 6.45) is 0. The van der Waals surface area contributed by atoms with Gasteiger partial charge in [0.2, 0.25) is 0 Å². The third-order valence-electron chi connectivity index (χ3n) is 3.46. The van der Waals surface area contributed by atoms with Gasteiger partial charge in [-0.15, -0.1) is 0 Å². The van der Waals surface area contributed by atoms with Gasteiger partial charge in [0.1, 0.15) is 5.52 Å². The lowest BCUT2D eigenvalue weighted by Gasteiger charge is -2.05. The fraction of sp³-hybridized carbons (Fsp3) is 0.125. The number of hydrogen-bond acceptors (Lipinski definition) is 4. The lowest BCUT2D eigenvalue weighted by molar-refractivity contribution is -0.138. The van der Waals surface area contributed by atoms with Crippen LogP contribution in [0.4, 0.5) is 11.7 Å². The fourth-order valence-electron chi connectivity index (χ4n) is 2.11. The molecule has 0 aliphatic carbocycles. The number of hydrogen-bond donors (Lipinski definition) is 2. The van der Waals surface area contributed by atoms with Crippen LogP contribution in [0, 0.1) is 0 Å². The van der Waals surface area contributed by atoms with Crippen molar-refractivity contribution in [1.29, 1.82) is 0 Å². The SMILES string of the molecule is CC(C(=O)O)c1ccc2nc(Nc3ccc(Cl)cc3Cl)oc2c1. The number of anilines is 2. The Morgan fingerprint density at radius 1 is 1.26 bits per heavy atom. The summed E-state index contributed by atoms with van der Waals surface area (Å²) in [6.45, 7) is 1.62. The maximum absolute atomic E-state index is 11.1. The average Bonchev–Trinajstić information content (AvgIpc) is 2.90. The van der Waals surface area contributed by atoms with Crippen LogP contribution >= 0.6 is 23.2 Å². The van der Waals surface area contributed by atoms with Crippen LogP contribution in [0.5, 0.6) is 0 Å². The molecular formula is C16H12Cl2N2O3. The standard InChI is InChI=1S/C16H12Cl2N2O3/c1-8(15(21)22)9-2-4-13-14(6-9)23-16(20-13)19-12-5-3-10(17)7-11(12)18/h2-8H,1H3,(H,19,20)(H,21,22). The maximum Gasteiger partial charge on any atom is 0.310 e. The first-order valence-corrected chi connectivity index (χ1v) is 7.55. The molecular weight excluding hydrogens is 339 g/mol. The molecule has 3 rings (SSSR count). The van der Waals surface area contributed by atoms with E-state index < -0.39 is 11.9 Å². The van der Waals surface area contributed by atoms with Crippen molar-refractivity contribution in [2.75, 3.05) is 5.32 Å². The molecule has 3 aromatic rings. The lowest BCUT2D eigenvalue weighted by atomic mass is 10.0. The summed E-state index contributed by atoms with van der Waals surface area (Å²) in [5, 5.41) is 13.0. The molecule has 0 radical (unpaired) electrons. The van der Waals surface area contributed by atoms with Crippen LogP contribution in [-0.4, -0.2) is 16.1 Å². The average molecular weight is 351 g/mol. The van der Waals surface area contributed by atoms with Crippen LogP contribution in [0.3, 0.4) is 0 Å². The number of aliphatic carboxylic acids is 1. The highest BCUT2D eigenvalue weighted by Crippen LogP contribution is 2.30. The Morgan fingerprint density at radius 3 is 2.74 bits per heavy atom. The van der Waals surface area contributed by atoms with Crippen molar-refractivity contribution in [3.05, 3.63) is 52.0 Å². The molecule has 0 saturated heterocycles. The van der Waals surface area contributed by atoms with Gasteiger partial charge in [-0.3, -0.25) is 4.79 Å². The molecule has 5 nitrogen and oxygen atoms in total. The molecule has 0 fully saturated rings. The quantitative estimate of drug-likeness (QED) is 0.687. The summed E-state index contributed by atoms with van der Waals surface area (Å²) in [6, 6.07) is 10.4. The molecule has 0 saturated carbocycles. The van der Waals surface area contributed by atoms with Crippen molar-refractivity contribution < 1.29 is 14.3 Å². The number of carboxylic acid groups (broad SMARTS) is 1. The molecule has 0 spiro atoms. The maximum atomic E-state index is 11.1. The number of fused-ring (bicyclic) bond motifs is 1. The second-order valence-electron chi connectivity index (χ2n) is 5.06. The highest BCUT2D eigenvalue weighted by Gasteiger charge is 2.16. The molecule has 2 aromatic carbocycles. The number of oxazole rings is 1. The molecule has 1 unspecified atom stereocenters. The minimum atomic E-state index is -0.893.